The minimum Gasteiger partial charge on any atom is -0.192 e. The molecule has 0 saturated carbocycles. The second kappa shape index (κ2) is 11.9. The highest BCUT2D eigenvalue weighted by molar-refractivity contribution is 8.05. The van der Waals surface area contributed by atoms with E-state index in [2.05, 4.69) is 3.63 Å². The predicted octanol–water partition coefficient (Wildman–Crippen LogP) is 9.55. The number of rotatable bonds is 13. The summed E-state index contributed by atoms with van der Waals surface area (Å²) in [6, 6.07) is 12.9. The van der Waals surface area contributed by atoms with Crippen molar-refractivity contribution in [2.75, 3.05) is 0 Å². The van der Waals surface area contributed by atoms with Gasteiger partial charge in [-0.25, -0.2) is 0 Å². The third-order valence-electron chi connectivity index (χ3n) is 6.48. The first-order valence-electron chi connectivity index (χ1n) is 11.8. The van der Waals surface area contributed by atoms with E-state index in [1.807, 2.05) is 0 Å². The van der Waals surface area contributed by atoms with Gasteiger partial charge in [0.1, 0.15) is 0 Å². The predicted molar refractivity (Wildman–Crippen MR) is 127 cm³/mol. The van der Waals surface area contributed by atoms with Crippen LogP contribution in [0.25, 0.3) is 0 Å². The first kappa shape index (κ1) is 39.7. The quantitative estimate of drug-likeness (QED) is 0.152. The van der Waals surface area contributed by atoms with E-state index in [0.717, 1.165) is 0 Å². The van der Waals surface area contributed by atoms with Crippen molar-refractivity contribution in [2.24, 2.45) is 5.92 Å². The molecule has 0 spiro atoms. The molecule has 0 fully saturated rings. The van der Waals surface area contributed by atoms with Crippen molar-refractivity contribution >= 4 is 22.2 Å². The van der Waals surface area contributed by atoms with Crippen LogP contribution in [0.3, 0.4) is 0 Å². The fraction of sp³-hybridized carbons (Fsp3) is 0.500. The van der Waals surface area contributed by atoms with Gasteiger partial charge in [0, 0.05) is 12.0 Å². The molecule has 0 N–H and O–H groups in total. The van der Waals surface area contributed by atoms with Crippen LogP contribution in [0.1, 0.15) is 25.0 Å². The number of benzene rings is 2. The molecular weight excluding hydrogens is 723 g/mol. The summed E-state index contributed by atoms with van der Waals surface area (Å²) >= 11 is -0.659. The number of alkyl halides is 17. The topological polar surface area (TPSA) is 43.4 Å². The Morgan fingerprint density at radius 2 is 0.826 bits per heavy atom. The van der Waals surface area contributed by atoms with Gasteiger partial charge in [-0.3, -0.25) is 0 Å². The van der Waals surface area contributed by atoms with Crippen molar-refractivity contribution in [1.29, 1.82) is 0 Å². The lowest BCUT2D eigenvalue weighted by Gasteiger charge is -2.42. The Bertz CT molecular complexity index is 1420. The average Bonchev–Trinajstić information content (AvgIpc) is 2.93. The average molecular weight is 740 g/mol. The molecule has 0 amide bonds. The molecule has 2 rings (SSSR count). The highest BCUT2D eigenvalue weighted by Gasteiger charge is 2.96. The molecular formula is C24H17F17O3S2. The molecule has 0 bridgehead atoms. The lowest BCUT2D eigenvalue weighted by Crippen LogP contribution is -2.75. The van der Waals surface area contributed by atoms with Crippen LogP contribution in [-0.4, -0.2) is 55.4 Å². The molecule has 22 heteroatoms. The fourth-order valence-corrected chi connectivity index (χ4v) is 6.07. The van der Waals surface area contributed by atoms with Crippen molar-refractivity contribution in [1.82, 2.24) is 0 Å². The van der Waals surface area contributed by atoms with E-state index in [1.165, 1.54) is 74.5 Å². The summed E-state index contributed by atoms with van der Waals surface area (Å²) < 4.78 is 258. The van der Waals surface area contributed by atoms with Gasteiger partial charge in [-0.2, -0.15) is 86.7 Å². The molecule has 0 unspecified atom stereocenters. The maximum atomic E-state index is 14.6. The van der Waals surface area contributed by atoms with Crippen molar-refractivity contribution in [3.05, 3.63) is 71.8 Å². The molecule has 2 aromatic rings. The largest absolute Gasteiger partial charge is 0.460 e. The first-order valence-corrected chi connectivity index (χ1v) is 14.0. The van der Waals surface area contributed by atoms with Crippen LogP contribution >= 0.6 is 12.0 Å². The van der Waals surface area contributed by atoms with Crippen molar-refractivity contribution < 1.29 is 86.7 Å². The van der Waals surface area contributed by atoms with Gasteiger partial charge in [0.25, 0.3) is 0 Å². The molecule has 46 heavy (non-hydrogen) atoms. The second-order valence-corrected chi connectivity index (χ2v) is 12.5. The zero-order chi connectivity index (χ0) is 36.2. The van der Waals surface area contributed by atoms with Gasteiger partial charge in [0.15, 0.2) is 0 Å². The van der Waals surface area contributed by atoms with E-state index in [-0.39, 0.29) is 11.1 Å². The summed E-state index contributed by atoms with van der Waals surface area (Å²) in [5.74, 6) is -53.1. The molecule has 0 aliphatic carbocycles. The summed E-state index contributed by atoms with van der Waals surface area (Å²) in [5.41, 5.74) is -0.0633. The van der Waals surface area contributed by atoms with Crippen LogP contribution in [0.2, 0.25) is 0 Å². The van der Waals surface area contributed by atoms with Crippen molar-refractivity contribution in [3.8, 4) is 0 Å². The Balaban J connectivity index is 2.68. The van der Waals surface area contributed by atoms with Crippen LogP contribution in [0, 0.1) is 5.92 Å². The van der Waals surface area contributed by atoms with Gasteiger partial charge in [0.05, 0.1) is 4.75 Å². The Hall–Kier alpha value is -2.49. The summed E-state index contributed by atoms with van der Waals surface area (Å²) in [5, 5.41) is -7.78. The van der Waals surface area contributed by atoms with Crippen molar-refractivity contribution in [3.63, 3.8) is 0 Å². The van der Waals surface area contributed by atoms with Crippen molar-refractivity contribution in [2.45, 2.75) is 65.6 Å². The van der Waals surface area contributed by atoms with E-state index in [4.69, 9.17) is 0 Å². The Labute approximate surface area is 252 Å². The van der Waals surface area contributed by atoms with E-state index in [1.54, 1.807) is 0 Å². The third-order valence-corrected chi connectivity index (χ3v) is 9.56. The molecule has 0 aliphatic heterocycles. The zero-order valence-corrected chi connectivity index (χ0v) is 24.0. The van der Waals surface area contributed by atoms with Gasteiger partial charge >= 0.3 is 57.1 Å². The Morgan fingerprint density at radius 3 is 1.13 bits per heavy atom. The molecule has 0 atom stereocenters. The fourth-order valence-electron chi connectivity index (χ4n) is 3.84. The minimum atomic E-state index is -8.93. The van der Waals surface area contributed by atoms with Gasteiger partial charge in [-0.15, -0.1) is 0 Å². The molecule has 2 aromatic carbocycles. The van der Waals surface area contributed by atoms with Gasteiger partial charge in [-0.05, 0) is 17.0 Å². The zero-order valence-electron chi connectivity index (χ0n) is 22.3. The van der Waals surface area contributed by atoms with E-state index < -0.39 is 79.8 Å². The normalized spacial score (nSPS) is 15.4. The Kier molecular flexibility index (Phi) is 10.3. The Morgan fingerprint density at radius 1 is 0.522 bits per heavy atom. The lowest BCUT2D eigenvalue weighted by atomic mass is 9.81. The number of hydrogen-bond acceptors (Lipinski definition) is 4. The number of halogens is 17. The van der Waals surface area contributed by atoms with Crippen LogP contribution in [-0.2, 0) is 18.5 Å². The van der Waals surface area contributed by atoms with Gasteiger partial charge < -0.3 is 0 Å². The highest BCUT2D eigenvalue weighted by atomic mass is 32.3. The first-order chi connectivity index (χ1) is 20.4. The molecule has 0 aliphatic rings. The monoisotopic (exact) mass is 740 g/mol. The molecule has 3 nitrogen and oxygen atoms in total. The van der Waals surface area contributed by atoms with Crippen LogP contribution in [0.15, 0.2) is 60.7 Å². The van der Waals surface area contributed by atoms with Gasteiger partial charge in [-0.1, -0.05) is 74.5 Å². The second-order valence-electron chi connectivity index (χ2n) is 9.69. The van der Waals surface area contributed by atoms with Gasteiger partial charge in [0.2, 0.25) is 0 Å². The molecule has 0 aromatic heterocycles. The standard InChI is InChI=1S/C24H17F17O3S2/c1-13(2)16(14-9-5-3-6-10-14,15-11-7-4-8-12-15)45-44-46(42,43)24(40,41)22(35,36)20(31,32)18(27,28)17(25,26)19(29,30)21(33,34)23(37,38)39/h3-13H,1-2H3. The van der Waals surface area contributed by atoms with E-state index in [9.17, 15) is 83.1 Å². The summed E-state index contributed by atoms with van der Waals surface area (Å²) in [7, 11) is -7.77. The molecule has 0 heterocycles. The van der Waals surface area contributed by atoms with Crippen LogP contribution in [0.4, 0.5) is 74.6 Å². The summed E-state index contributed by atoms with van der Waals surface area (Å²) in [6.45, 7) is 2.56. The maximum Gasteiger partial charge on any atom is 0.460 e. The summed E-state index contributed by atoms with van der Waals surface area (Å²) in [4.78, 5) is 0. The molecule has 0 saturated heterocycles. The smallest absolute Gasteiger partial charge is 0.192 e. The maximum absolute atomic E-state index is 14.6. The third kappa shape index (κ3) is 5.58. The van der Waals surface area contributed by atoms with Crippen LogP contribution in [0.5, 0.6) is 0 Å². The molecule has 262 valence electrons. The highest BCUT2D eigenvalue weighted by Crippen LogP contribution is 2.65. The van der Waals surface area contributed by atoms with Crippen LogP contribution < -0.4 is 0 Å². The molecule has 0 radical (unpaired) electrons. The number of hydrogen-bond donors (Lipinski definition) is 0. The van der Waals surface area contributed by atoms with E-state index in [0.29, 0.717) is 0 Å². The SMILES string of the molecule is CC(C)C(SOS(=O)(=O)C(F)(F)C(F)(F)C(F)(F)C(F)(F)C(F)(F)C(F)(F)C(F)(F)C(F)(F)F)(c1ccccc1)c1ccccc1. The minimum absolute atomic E-state index is 0.0317. The summed E-state index contributed by atoms with van der Waals surface area (Å²) in [6.07, 6.45) is -7.91. The lowest BCUT2D eigenvalue weighted by molar-refractivity contribution is -0.458. The van der Waals surface area contributed by atoms with E-state index >= 15 is 0 Å².